The molecule has 0 unspecified atom stereocenters. The van der Waals surface area contributed by atoms with Gasteiger partial charge in [0.05, 0.1) is 0 Å². The number of likely N-dealkylation sites (tertiary alicyclic amines) is 1. The van der Waals surface area contributed by atoms with E-state index in [0.29, 0.717) is 11.2 Å². The van der Waals surface area contributed by atoms with Gasteiger partial charge in [-0.25, -0.2) is 0 Å². The zero-order valence-corrected chi connectivity index (χ0v) is 7.23. The van der Waals surface area contributed by atoms with Crippen LogP contribution >= 0.6 is 0 Å². The van der Waals surface area contributed by atoms with Crippen molar-refractivity contribution in [3.05, 3.63) is 24.0 Å². The predicted molar refractivity (Wildman–Crippen MR) is 50.1 cm³/mol. The summed E-state index contributed by atoms with van der Waals surface area (Å²) in [5.74, 6) is 0.00579. The second-order valence-corrected chi connectivity index (χ2v) is 3.12. The fraction of sp³-hybridized carbons (Fsp3) is 0.333. The fourth-order valence-corrected chi connectivity index (χ4v) is 1.21. The van der Waals surface area contributed by atoms with Crippen molar-refractivity contribution in [3.63, 3.8) is 0 Å². The van der Waals surface area contributed by atoms with E-state index < -0.39 is 0 Å². The molecular formula is C9H9BN2O. The number of rotatable bonds is 1. The van der Waals surface area contributed by atoms with Crippen LogP contribution in [0.25, 0.3) is 0 Å². The van der Waals surface area contributed by atoms with Gasteiger partial charge in [0.15, 0.2) is 0 Å². The Bertz CT molecular complexity index is 319. The lowest BCUT2D eigenvalue weighted by molar-refractivity contribution is 0.0646. The summed E-state index contributed by atoms with van der Waals surface area (Å²) in [6.07, 6.45) is 2.60. The number of aromatic nitrogens is 1. The Hall–Kier alpha value is -1.32. The Labute approximate surface area is 78.2 Å². The minimum absolute atomic E-state index is 0.00579. The molecule has 2 heterocycles. The van der Waals surface area contributed by atoms with Crippen molar-refractivity contribution in [1.82, 2.24) is 9.88 Å². The molecule has 0 bridgehead atoms. The van der Waals surface area contributed by atoms with Crippen molar-refractivity contribution < 1.29 is 4.79 Å². The van der Waals surface area contributed by atoms with Gasteiger partial charge in [-0.2, -0.15) is 0 Å². The number of carbonyl (C=O) groups is 1. The first kappa shape index (κ1) is 8.29. The molecule has 4 heteroatoms. The first-order valence-electron chi connectivity index (χ1n) is 4.28. The number of carbonyl (C=O) groups excluding carboxylic acids is 1. The molecule has 0 aromatic carbocycles. The summed E-state index contributed by atoms with van der Waals surface area (Å²) in [6, 6.07) is 3.36. The third-order valence-electron chi connectivity index (χ3n) is 2.15. The number of amides is 1. The summed E-state index contributed by atoms with van der Waals surface area (Å²) in [7, 11) is 5.46. The van der Waals surface area contributed by atoms with Gasteiger partial charge >= 0.3 is 0 Å². The normalized spacial score (nSPS) is 15.2. The van der Waals surface area contributed by atoms with Crippen molar-refractivity contribution in [2.45, 2.75) is 6.42 Å². The van der Waals surface area contributed by atoms with E-state index in [1.54, 1.807) is 17.0 Å². The summed E-state index contributed by atoms with van der Waals surface area (Å²) < 4.78 is 0. The van der Waals surface area contributed by atoms with Gasteiger partial charge < -0.3 is 4.90 Å². The SMILES string of the molecule is [B]c1ccc(C(=O)N2CCC2)nc1. The van der Waals surface area contributed by atoms with Crippen LogP contribution in [0.1, 0.15) is 16.9 Å². The number of pyridine rings is 1. The molecule has 0 saturated carbocycles. The maximum absolute atomic E-state index is 11.6. The van der Waals surface area contributed by atoms with Crippen molar-refractivity contribution in [2.24, 2.45) is 0 Å². The molecule has 0 atom stereocenters. The standard InChI is InChI=1S/C9H9BN2O/c10-7-2-3-8(11-6-7)9(13)12-4-1-5-12/h2-3,6H,1,4-5H2. The second kappa shape index (κ2) is 3.20. The molecule has 2 rings (SSSR count). The maximum Gasteiger partial charge on any atom is 0.272 e. The van der Waals surface area contributed by atoms with Gasteiger partial charge in [-0.15, -0.1) is 0 Å². The summed E-state index contributed by atoms with van der Waals surface area (Å²) >= 11 is 0. The third kappa shape index (κ3) is 1.57. The van der Waals surface area contributed by atoms with Crippen molar-refractivity contribution >= 4 is 19.2 Å². The van der Waals surface area contributed by atoms with Crippen LogP contribution in [0.3, 0.4) is 0 Å². The van der Waals surface area contributed by atoms with Crippen LogP contribution < -0.4 is 5.46 Å². The zero-order valence-electron chi connectivity index (χ0n) is 7.23. The average molecular weight is 172 g/mol. The molecule has 2 radical (unpaired) electrons. The van der Waals surface area contributed by atoms with Crippen LogP contribution in [0.4, 0.5) is 0 Å². The molecule has 1 saturated heterocycles. The minimum atomic E-state index is 0.00579. The van der Waals surface area contributed by atoms with Crippen LogP contribution in [0.15, 0.2) is 18.3 Å². The van der Waals surface area contributed by atoms with E-state index in [0.717, 1.165) is 19.5 Å². The summed E-state index contributed by atoms with van der Waals surface area (Å²) in [5, 5.41) is 0. The second-order valence-electron chi connectivity index (χ2n) is 3.12. The van der Waals surface area contributed by atoms with Crippen molar-refractivity contribution in [2.75, 3.05) is 13.1 Å². The van der Waals surface area contributed by atoms with Gasteiger partial charge in [-0.1, -0.05) is 11.5 Å². The molecule has 1 aliphatic rings. The smallest absolute Gasteiger partial charge is 0.272 e. The number of hydrogen-bond acceptors (Lipinski definition) is 2. The molecule has 1 aromatic rings. The van der Waals surface area contributed by atoms with E-state index in [1.807, 2.05) is 0 Å². The molecule has 64 valence electrons. The zero-order chi connectivity index (χ0) is 9.26. The van der Waals surface area contributed by atoms with Crippen LogP contribution in [0, 0.1) is 0 Å². The van der Waals surface area contributed by atoms with Crippen LogP contribution in [-0.4, -0.2) is 36.7 Å². The molecule has 0 spiro atoms. The van der Waals surface area contributed by atoms with Gasteiger partial charge in [-0.3, -0.25) is 9.78 Å². The topological polar surface area (TPSA) is 33.2 Å². The van der Waals surface area contributed by atoms with E-state index in [9.17, 15) is 4.79 Å². The van der Waals surface area contributed by atoms with Gasteiger partial charge in [0, 0.05) is 19.3 Å². The summed E-state index contributed by atoms with van der Waals surface area (Å²) in [5.41, 5.74) is 1.06. The van der Waals surface area contributed by atoms with E-state index >= 15 is 0 Å². The Morgan fingerprint density at radius 2 is 2.23 bits per heavy atom. The first-order valence-corrected chi connectivity index (χ1v) is 4.28. The average Bonchev–Trinajstić information content (AvgIpc) is 2.02. The Morgan fingerprint density at radius 1 is 1.46 bits per heavy atom. The quantitative estimate of drug-likeness (QED) is 0.546. The van der Waals surface area contributed by atoms with Gasteiger partial charge in [0.1, 0.15) is 13.5 Å². The molecule has 0 aliphatic carbocycles. The van der Waals surface area contributed by atoms with Crippen LogP contribution in [0.5, 0.6) is 0 Å². The van der Waals surface area contributed by atoms with Gasteiger partial charge in [-0.05, 0) is 12.5 Å². The molecule has 1 aromatic heterocycles. The lowest BCUT2D eigenvalue weighted by Crippen LogP contribution is -2.42. The molecule has 1 amide bonds. The van der Waals surface area contributed by atoms with E-state index in [-0.39, 0.29) is 5.91 Å². The van der Waals surface area contributed by atoms with Gasteiger partial charge in [0.2, 0.25) is 0 Å². The monoisotopic (exact) mass is 172 g/mol. The number of nitrogens with zero attached hydrogens (tertiary/aromatic N) is 2. The molecule has 3 nitrogen and oxygen atoms in total. The lowest BCUT2D eigenvalue weighted by atomic mass is 9.98. The molecular weight excluding hydrogens is 163 g/mol. The van der Waals surface area contributed by atoms with Crippen LogP contribution in [0.2, 0.25) is 0 Å². The van der Waals surface area contributed by atoms with Crippen molar-refractivity contribution in [3.8, 4) is 0 Å². The molecule has 1 fully saturated rings. The maximum atomic E-state index is 11.6. The van der Waals surface area contributed by atoms with E-state index in [4.69, 9.17) is 7.85 Å². The van der Waals surface area contributed by atoms with Crippen molar-refractivity contribution in [1.29, 1.82) is 0 Å². The largest absolute Gasteiger partial charge is 0.337 e. The fourth-order valence-electron chi connectivity index (χ4n) is 1.21. The Morgan fingerprint density at radius 3 is 2.69 bits per heavy atom. The highest BCUT2D eigenvalue weighted by atomic mass is 16.2. The summed E-state index contributed by atoms with van der Waals surface area (Å²) in [6.45, 7) is 1.70. The minimum Gasteiger partial charge on any atom is -0.337 e. The van der Waals surface area contributed by atoms with Crippen LogP contribution in [-0.2, 0) is 0 Å². The molecule has 13 heavy (non-hydrogen) atoms. The predicted octanol–water partition coefficient (Wildman–Crippen LogP) is -0.279. The van der Waals surface area contributed by atoms with Gasteiger partial charge in [0.25, 0.3) is 5.91 Å². The number of hydrogen-bond donors (Lipinski definition) is 0. The van der Waals surface area contributed by atoms with E-state index in [1.165, 1.54) is 6.20 Å². The molecule has 1 aliphatic heterocycles. The Kier molecular flexibility index (Phi) is 2.04. The first-order chi connectivity index (χ1) is 6.27. The summed E-state index contributed by atoms with van der Waals surface area (Å²) in [4.78, 5) is 17.3. The Balaban J connectivity index is 2.15. The molecule has 0 N–H and O–H groups in total. The third-order valence-corrected chi connectivity index (χ3v) is 2.15. The highest BCUT2D eigenvalue weighted by Crippen LogP contribution is 2.09. The van der Waals surface area contributed by atoms with E-state index in [2.05, 4.69) is 4.98 Å². The highest BCUT2D eigenvalue weighted by molar-refractivity contribution is 6.32. The highest BCUT2D eigenvalue weighted by Gasteiger charge is 2.21. The lowest BCUT2D eigenvalue weighted by Gasteiger charge is -2.30.